The maximum atomic E-state index is 9.49. The lowest BCUT2D eigenvalue weighted by Crippen LogP contribution is -2.00. The van der Waals surface area contributed by atoms with Crippen LogP contribution in [0.4, 0.5) is 5.69 Å². The molecule has 0 spiro atoms. The first-order valence-corrected chi connectivity index (χ1v) is 7.36. The molecular formula is C18H20N2O2. The van der Waals surface area contributed by atoms with E-state index >= 15 is 0 Å². The minimum absolute atomic E-state index is 0.200. The van der Waals surface area contributed by atoms with Crippen LogP contribution in [0.5, 0.6) is 11.5 Å². The van der Waals surface area contributed by atoms with Gasteiger partial charge in [-0.2, -0.15) is 0 Å². The number of rotatable bonds is 4. The number of hydrogen-bond donors (Lipinski definition) is 2. The zero-order valence-electron chi connectivity index (χ0n) is 12.8. The van der Waals surface area contributed by atoms with Crippen molar-refractivity contribution < 1.29 is 9.84 Å². The van der Waals surface area contributed by atoms with Crippen molar-refractivity contribution in [2.45, 2.75) is 26.5 Å². The molecule has 0 amide bonds. The molecule has 0 aliphatic heterocycles. The van der Waals surface area contributed by atoms with Crippen LogP contribution >= 0.6 is 0 Å². The van der Waals surface area contributed by atoms with E-state index in [4.69, 9.17) is 10.5 Å². The van der Waals surface area contributed by atoms with Gasteiger partial charge in [-0.05, 0) is 32.0 Å². The van der Waals surface area contributed by atoms with Crippen molar-refractivity contribution in [2.75, 3.05) is 5.73 Å². The highest BCUT2D eigenvalue weighted by atomic mass is 16.5. The van der Waals surface area contributed by atoms with Gasteiger partial charge < -0.3 is 20.1 Å². The van der Waals surface area contributed by atoms with Crippen molar-refractivity contribution in [1.29, 1.82) is 0 Å². The van der Waals surface area contributed by atoms with Crippen molar-refractivity contribution in [3.8, 4) is 11.5 Å². The van der Waals surface area contributed by atoms with E-state index in [1.807, 2.05) is 18.2 Å². The molecule has 114 valence electrons. The Kier molecular flexibility index (Phi) is 3.67. The van der Waals surface area contributed by atoms with Gasteiger partial charge in [0.2, 0.25) is 0 Å². The van der Waals surface area contributed by atoms with Crippen molar-refractivity contribution in [3.05, 3.63) is 54.2 Å². The minimum Gasteiger partial charge on any atom is -0.508 e. The zero-order valence-corrected chi connectivity index (χ0v) is 12.8. The summed E-state index contributed by atoms with van der Waals surface area (Å²) in [5.41, 5.74) is 9.04. The van der Waals surface area contributed by atoms with E-state index in [0.29, 0.717) is 18.4 Å². The molecule has 0 unspecified atom stereocenters. The van der Waals surface area contributed by atoms with Gasteiger partial charge in [-0.25, -0.2) is 0 Å². The van der Waals surface area contributed by atoms with Crippen LogP contribution in [0.15, 0.2) is 48.7 Å². The van der Waals surface area contributed by atoms with Crippen LogP contribution in [0.1, 0.15) is 25.5 Å². The van der Waals surface area contributed by atoms with E-state index in [9.17, 15) is 5.11 Å². The number of aromatic hydroxyl groups is 1. The van der Waals surface area contributed by atoms with Gasteiger partial charge in [0.15, 0.2) is 0 Å². The number of hydrogen-bond acceptors (Lipinski definition) is 3. The molecule has 0 fully saturated rings. The summed E-state index contributed by atoms with van der Waals surface area (Å²) in [6.45, 7) is 4.70. The summed E-state index contributed by atoms with van der Waals surface area (Å²) in [6.07, 6.45) is 2.09. The van der Waals surface area contributed by atoms with Crippen molar-refractivity contribution >= 4 is 16.6 Å². The molecule has 0 bridgehead atoms. The Bertz CT molecular complexity index is 806. The van der Waals surface area contributed by atoms with Crippen LogP contribution in [0.25, 0.3) is 10.9 Å². The Hall–Kier alpha value is -2.62. The number of para-hydroxylation sites is 1. The highest BCUT2D eigenvalue weighted by Gasteiger charge is 2.13. The molecule has 22 heavy (non-hydrogen) atoms. The van der Waals surface area contributed by atoms with Gasteiger partial charge in [-0.1, -0.05) is 18.2 Å². The molecule has 0 aliphatic carbocycles. The fourth-order valence-electron chi connectivity index (χ4n) is 2.67. The molecule has 0 aliphatic rings. The van der Waals surface area contributed by atoms with Crippen LogP contribution in [0.3, 0.4) is 0 Å². The number of fused-ring (bicyclic) bond motifs is 1. The highest BCUT2D eigenvalue weighted by Crippen LogP contribution is 2.30. The average Bonchev–Trinajstić information content (AvgIpc) is 2.86. The van der Waals surface area contributed by atoms with Crippen molar-refractivity contribution in [2.24, 2.45) is 0 Å². The SMILES string of the molecule is CC(C)n1cc(COc2cccc(O)c2)c2cccc(N)c21. The van der Waals surface area contributed by atoms with Crippen molar-refractivity contribution in [1.82, 2.24) is 4.57 Å². The molecule has 3 N–H and O–H groups in total. The second-order valence-electron chi connectivity index (χ2n) is 5.68. The Morgan fingerprint density at radius 1 is 1.18 bits per heavy atom. The number of phenolic OH excluding ortho intramolecular Hbond substituents is 1. The summed E-state index contributed by atoms with van der Waals surface area (Å²) in [6, 6.07) is 13.1. The summed E-state index contributed by atoms with van der Waals surface area (Å²) < 4.78 is 7.97. The topological polar surface area (TPSA) is 60.4 Å². The lowest BCUT2D eigenvalue weighted by molar-refractivity contribution is 0.305. The molecule has 4 nitrogen and oxygen atoms in total. The molecular weight excluding hydrogens is 276 g/mol. The molecule has 0 radical (unpaired) electrons. The normalized spacial score (nSPS) is 11.2. The lowest BCUT2D eigenvalue weighted by atomic mass is 10.1. The van der Waals surface area contributed by atoms with Gasteiger partial charge in [-0.15, -0.1) is 0 Å². The van der Waals surface area contributed by atoms with Crippen LogP contribution in [-0.4, -0.2) is 9.67 Å². The van der Waals surface area contributed by atoms with Crippen LogP contribution < -0.4 is 10.5 Å². The van der Waals surface area contributed by atoms with E-state index in [0.717, 1.165) is 22.2 Å². The van der Waals surface area contributed by atoms with Gasteiger partial charge in [0.1, 0.15) is 18.1 Å². The Morgan fingerprint density at radius 2 is 1.95 bits per heavy atom. The van der Waals surface area contributed by atoms with Crippen LogP contribution in [-0.2, 0) is 6.61 Å². The van der Waals surface area contributed by atoms with E-state index in [1.165, 1.54) is 0 Å². The number of benzene rings is 2. The fraction of sp³-hybridized carbons (Fsp3) is 0.222. The number of ether oxygens (including phenoxy) is 1. The predicted molar refractivity (Wildman–Crippen MR) is 89.2 cm³/mol. The number of nitrogen functional groups attached to an aromatic ring is 1. The largest absolute Gasteiger partial charge is 0.508 e. The average molecular weight is 296 g/mol. The van der Waals surface area contributed by atoms with E-state index in [-0.39, 0.29) is 5.75 Å². The van der Waals surface area contributed by atoms with Gasteiger partial charge >= 0.3 is 0 Å². The zero-order chi connectivity index (χ0) is 15.7. The Balaban J connectivity index is 1.96. The molecule has 0 saturated heterocycles. The highest BCUT2D eigenvalue weighted by molar-refractivity contribution is 5.93. The van der Waals surface area contributed by atoms with Crippen molar-refractivity contribution in [3.63, 3.8) is 0 Å². The van der Waals surface area contributed by atoms with Gasteiger partial charge in [0.05, 0.1) is 11.2 Å². The molecule has 3 rings (SSSR count). The fourth-order valence-corrected chi connectivity index (χ4v) is 2.67. The second kappa shape index (κ2) is 5.64. The number of aromatic nitrogens is 1. The molecule has 3 aromatic rings. The third kappa shape index (κ3) is 2.60. The van der Waals surface area contributed by atoms with E-state index in [2.05, 4.69) is 30.7 Å². The Morgan fingerprint density at radius 3 is 2.68 bits per heavy atom. The summed E-state index contributed by atoms with van der Waals surface area (Å²) in [7, 11) is 0. The van der Waals surface area contributed by atoms with E-state index in [1.54, 1.807) is 18.2 Å². The summed E-state index contributed by atoms with van der Waals surface area (Å²) in [4.78, 5) is 0. The number of phenols is 1. The maximum absolute atomic E-state index is 9.49. The first-order valence-electron chi connectivity index (χ1n) is 7.36. The molecule has 2 aromatic carbocycles. The molecule has 1 heterocycles. The number of nitrogens with zero attached hydrogens (tertiary/aromatic N) is 1. The molecule has 0 atom stereocenters. The predicted octanol–water partition coefficient (Wildman–Crippen LogP) is 4.09. The molecule has 4 heteroatoms. The van der Waals surface area contributed by atoms with Gasteiger partial charge in [-0.3, -0.25) is 0 Å². The summed E-state index contributed by atoms with van der Waals surface area (Å²) in [5, 5.41) is 10.6. The number of anilines is 1. The minimum atomic E-state index is 0.200. The molecule has 0 saturated carbocycles. The summed E-state index contributed by atoms with van der Waals surface area (Å²) >= 11 is 0. The third-order valence-electron chi connectivity index (χ3n) is 3.73. The first-order chi connectivity index (χ1) is 10.6. The monoisotopic (exact) mass is 296 g/mol. The van der Waals surface area contributed by atoms with Crippen LogP contribution in [0.2, 0.25) is 0 Å². The van der Waals surface area contributed by atoms with Gasteiger partial charge in [0.25, 0.3) is 0 Å². The van der Waals surface area contributed by atoms with E-state index < -0.39 is 0 Å². The second-order valence-corrected chi connectivity index (χ2v) is 5.68. The Labute approximate surface area is 129 Å². The van der Waals surface area contributed by atoms with Crippen LogP contribution in [0, 0.1) is 0 Å². The summed E-state index contributed by atoms with van der Waals surface area (Å²) in [5.74, 6) is 0.848. The molecule has 1 aromatic heterocycles. The van der Waals surface area contributed by atoms with Gasteiger partial charge in [0, 0.05) is 29.3 Å². The first kappa shape index (κ1) is 14.3. The lowest BCUT2D eigenvalue weighted by Gasteiger charge is -2.10. The third-order valence-corrected chi connectivity index (χ3v) is 3.73. The maximum Gasteiger partial charge on any atom is 0.123 e. The standard InChI is InChI=1S/C18H20N2O2/c1-12(2)20-10-13(16-7-4-8-17(19)18(16)20)11-22-15-6-3-5-14(21)9-15/h3-10,12,21H,11,19H2,1-2H3. The smallest absolute Gasteiger partial charge is 0.123 e. The number of nitrogens with two attached hydrogens (primary N) is 1. The quantitative estimate of drug-likeness (QED) is 0.713.